The molecule has 2 N–H and O–H groups in total. The summed E-state index contributed by atoms with van der Waals surface area (Å²) in [6.45, 7) is 11.9. The summed E-state index contributed by atoms with van der Waals surface area (Å²) < 4.78 is 0. The van der Waals surface area contributed by atoms with Gasteiger partial charge in [-0.15, -0.1) is 0 Å². The topological polar surface area (TPSA) is 49.3 Å². The summed E-state index contributed by atoms with van der Waals surface area (Å²) in [4.78, 5) is 10.8. The molecule has 0 spiro atoms. The molecule has 0 unspecified atom stereocenters. The third kappa shape index (κ3) is 7.37. The zero-order chi connectivity index (χ0) is 12.1. The molecule has 0 rings (SSSR count). The van der Waals surface area contributed by atoms with Gasteiger partial charge in [-0.25, -0.2) is 0 Å². The van der Waals surface area contributed by atoms with Gasteiger partial charge < -0.3 is 10.4 Å². The first-order chi connectivity index (χ1) is 6.65. The summed E-state index contributed by atoms with van der Waals surface area (Å²) in [6.07, 6.45) is 1.78. The van der Waals surface area contributed by atoms with Gasteiger partial charge in [-0.2, -0.15) is 0 Å². The Hall–Kier alpha value is -0.570. The fourth-order valence-corrected chi connectivity index (χ4v) is 1.10. The second-order valence-electron chi connectivity index (χ2n) is 6.00. The lowest BCUT2D eigenvalue weighted by molar-refractivity contribution is -0.147. The van der Waals surface area contributed by atoms with Crippen molar-refractivity contribution < 1.29 is 9.90 Å². The molecule has 0 saturated carbocycles. The average molecular weight is 215 g/mol. The van der Waals surface area contributed by atoms with Gasteiger partial charge in [0.25, 0.3) is 0 Å². The largest absolute Gasteiger partial charge is 0.481 e. The Kier molecular flexibility index (Phi) is 5.29. The number of carbonyl (C=O) groups is 1. The van der Waals surface area contributed by atoms with Crippen LogP contribution in [0.1, 0.15) is 47.5 Å². The number of aliphatic carboxylic acids is 1. The fraction of sp³-hybridized carbons (Fsp3) is 0.917. The van der Waals surface area contributed by atoms with Crippen LogP contribution >= 0.6 is 0 Å². The highest BCUT2D eigenvalue weighted by Gasteiger charge is 2.26. The Labute approximate surface area is 93.3 Å². The second-order valence-corrected chi connectivity index (χ2v) is 6.00. The minimum atomic E-state index is -0.722. The van der Waals surface area contributed by atoms with Crippen molar-refractivity contribution in [2.45, 2.75) is 47.5 Å². The van der Waals surface area contributed by atoms with E-state index in [1.54, 1.807) is 13.8 Å². The lowest BCUT2D eigenvalue weighted by atomic mass is 9.89. The van der Waals surface area contributed by atoms with Crippen molar-refractivity contribution in [3.63, 3.8) is 0 Å². The molecule has 0 heterocycles. The molecule has 0 aromatic carbocycles. The smallest absolute Gasteiger partial charge is 0.309 e. The van der Waals surface area contributed by atoms with E-state index in [0.29, 0.717) is 11.8 Å². The Balaban J connectivity index is 3.60. The standard InChI is InChI=1S/C12H25NO2/c1-11(2,3)6-8-13-9-7-12(4,5)10(14)15/h13H,6-9H2,1-5H3,(H,14,15). The first-order valence-electron chi connectivity index (χ1n) is 5.59. The first-order valence-corrected chi connectivity index (χ1v) is 5.59. The number of hydrogen-bond acceptors (Lipinski definition) is 2. The van der Waals surface area contributed by atoms with Crippen LogP contribution < -0.4 is 5.32 Å². The van der Waals surface area contributed by atoms with Gasteiger partial charge in [0.1, 0.15) is 0 Å². The third-order valence-corrected chi connectivity index (χ3v) is 2.56. The SMILES string of the molecule is CC(C)(C)CCNCCC(C)(C)C(=O)O. The molecule has 0 aromatic rings. The highest BCUT2D eigenvalue weighted by atomic mass is 16.4. The Morgan fingerprint density at radius 3 is 1.93 bits per heavy atom. The minimum Gasteiger partial charge on any atom is -0.481 e. The summed E-state index contributed by atoms with van der Waals surface area (Å²) in [5.74, 6) is -0.722. The van der Waals surface area contributed by atoms with Gasteiger partial charge in [-0.3, -0.25) is 4.79 Å². The summed E-state index contributed by atoms with van der Waals surface area (Å²) in [5, 5.41) is 12.2. The van der Waals surface area contributed by atoms with Crippen molar-refractivity contribution in [3.05, 3.63) is 0 Å². The highest BCUT2D eigenvalue weighted by Crippen LogP contribution is 2.20. The van der Waals surface area contributed by atoms with Crippen molar-refractivity contribution >= 4 is 5.97 Å². The van der Waals surface area contributed by atoms with Gasteiger partial charge in [0.05, 0.1) is 5.41 Å². The molecule has 0 bridgehead atoms. The zero-order valence-corrected chi connectivity index (χ0v) is 10.7. The van der Waals surface area contributed by atoms with Crippen molar-refractivity contribution in [2.24, 2.45) is 10.8 Å². The van der Waals surface area contributed by atoms with Crippen LogP contribution in [0.2, 0.25) is 0 Å². The number of carboxylic acids is 1. The maximum absolute atomic E-state index is 10.8. The number of rotatable bonds is 6. The lowest BCUT2D eigenvalue weighted by Crippen LogP contribution is -2.30. The molecule has 0 aliphatic carbocycles. The molecule has 3 heteroatoms. The predicted octanol–water partition coefficient (Wildman–Crippen LogP) is 2.51. The van der Waals surface area contributed by atoms with Crippen LogP contribution in [0.3, 0.4) is 0 Å². The maximum Gasteiger partial charge on any atom is 0.309 e. The van der Waals surface area contributed by atoms with E-state index in [-0.39, 0.29) is 0 Å². The molecule has 3 nitrogen and oxygen atoms in total. The molecular formula is C12H25NO2. The van der Waals surface area contributed by atoms with Crippen LogP contribution in [-0.4, -0.2) is 24.2 Å². The summed E-state index contributed by atoms with van der Waals surface area (Å²) in [5.41, 5.74) is -0.274. The molecule has 0 radical (unpaired) electrons. The van der Waals surface area contributed by atoms with E-state index < -0.39 is 11.4 Å². The molecule has 0 saturated heterocycles. The van der Waals surface area contributed by atoms with Crippen LogP contribution in [0, 0.1) is 10.8 Å². The minimum absolute atomic E-state index is 0.343. The van der Waals surface area contributed by atoms with Gasteiger partial charge in [0, 0.05) is 0 Å². The van der Waals surface area contributed by atoms with Gasteiger partial charge in [0.15, 0.2) is 0 Å². The molecule has 0 amide bonds. The molecule has 0 aromatic heterocycles. The summed E-state index contributed by atoms with van der Waals surface area (Å²) >= 11 is 0. The molecule has 15 heavy (non-hydrogen) atoms. The Morgan fingerprint density at radius 1 is 1.07 bits per heavy atom. The van der Waals surface area contributed by atoms with Crippen LogP contribution in [0.15, 0.2) is 0 Å². The molecular weight excluding hydrogens is 190 g/mol. The quantitative estimate of drug-likeness (QED) is 0.669. The number of hydrogen-bond donors (Lipinski definition) is 2. The van der Waals surface area contributed by atoms with Crippen molar-refractivity contribution in [1.82, 2.24) is 5.32 Å². The van der Waals surface area contributed by atoms with E-state index in [1.807, 2.05) is 0 Å². The average Bonchev–Trinajstić information content (AvgIpc) is 2.00. The molecule has 0 aliphatic rings. The van der Waals surface area contributed by atoms with Gasteiger partial charge in [-0.1, -0.05) is 20.8 Å². The van der Waals surface area contributed by atoms with Crippen molar-refractivity contribution in [1.29, 1.82) is 0 Å². The summed E-state index contributed by atoms with van der Waals surface area (Å²) in [7, 11) is 0. The van der Waals surface area contributed by atoms with E-state index in [1.165, 1.54) is 0 Å². The van der Waals surface area contributed by atoms with Gasteiger partial charge in [0.2, 0.25) is 0 Å². The van der Waals surface area contributed by atoms with E-state index in [9.17, 15) is 4.79 Å². The highest BCUT2D eigenvalue weighted by molar-refractivity contribution is 5.73. The van der Waals surface area contributed by atoms with Crippen LogP contribution in [-0.2, 0) is 4.79 Å². The van der Waals surface area contributed by atoms with Crippen molar-refractivity contribution in [3.8, 4) is 0 Å². The Bertz CT molecular complexity index is 204. The number of carboxylic acid groups (broad SMARTS) is 1. The van der Waals surface area contributed by atoms with E-state index in [0.717, 1.165) is 19.5 Å². The predicted molar refractivity (Wildman–Crippen MR) is 63.0 cm³/mol. The van der Waals surface area contributed by atoms with Crippen LogP contribution in [0.5, 0.6) is 0 Å². The normalized spacial score (nSPS) is 12.9. The van der Waals surface area contributed by atoms with E-state index in [4.69, 9.17) is 5.11 Å². The zero-order valence-electron chi connectivity index (χ0n) is 10.7. The molecule has 0 atom stereocenters. The Morgan fingerprint density at radius 2 is 1.53 bits per heavy atom. The maximum atomic E-state index is 10.8. The van der Waals surface area contributed by atoms with Crippen LogP contribution in [0.4, 0.5) is 0 Å². The van der Waals surface area contributed by atoms with Crippen molar-refractivity contribution in [2.75, 3.05) is 13.1 Å². The fourth-order valence-electron chi connectivity index (χ4n) is 1.10. The molecule has 90 valence electrons. The number of nitrogens with one attached hydrogen (secondary N) is 1. The third-order valence-electron chi connectivity index (χ3n) is 2.56. The second kappa shape index (κ2) is 5.50. The van der Waals surface area contributed by atoms with Crippen LogP contribution in [0.25, 0.3) is 0 Å². The van der Waals surface area contributed by atoms with Gasteiger partial charge in [-0.05, 0) is 45.2 Å². The van der Waals surface area contributed by atoms with E-state index >= 15 is 0 Å². The monoisotopic (exact) mass is 215 g/mol. The van der Waals surface area contributed by atoms with Gasteiger partial charge >= 0.3 is 5.97 Å². The first kappa shape index (κ1) is 14.4. The molecule has 0 aliphatic heterocycles. The van der Waals surface area contributed by atoms with E-state index in [2.05, 4.69) is 26.1 Å². The lowest BCUT2D eigenvalue weighted by Gasteiger charge is -2.21. The molecule has 0 fully saturated rings. The summed E-state index contributed by atoms with van der Waals surface area (Å²) in [6, 6.07) is 0.